The average molecular weight is 555 g/mol. The zero-order chi connectivity index (χ0) is 29.3. The Morgan fingerprint density at radius 2 is 1.12 bits per heavy atom. The zero-order valence-electron chi connectivity index (χ0n) is 24.4. The second-order valence-corrected chi connectivity index (χ2v) is 10.4. The number of hydrogen-bond donors (Lipinski definition) is 2. The summed E-state index contributed by atoms with van der Waals surface area (Å²) < 4.78 is 9.67. The van der Waals surface area contributed by atoms with Gasteiger partial charge in [0.25, 0.3) is 0 Å². The topological polar surface area (TPSA) is 110 Å². The summed E-state index contributed by atoms with van der Waals surface area (Å²) in [4.78, 5) is 38.8. The van der Waals surface area contributed by atoms with E-state index in [4.69, 9.17) is 9.47 Å². The Kier molecular flexibility index (Phi) is 14.9. The third-order valence-electron chi connectivity index (χ3n) is 7.35. The van der Waals surface area contributed by atoms with Crippen molar-refractivity contribution in [2.24, 2.45) is 0 Å². The predicted octanol–water partition coefficient (Wildman–Crippen LogP) is 7.93. The maximum absolute atomic E-state index is 13.4. The SMILES string of the molecule is CCCCCCCCCCCCCCCCc1cc(C(=O)c2ccccc2O)c(C(=O)OC)c(C(=O)OC)c1O. The summed E-state index contributed by atoms with van der Waals surface area (Å²) in [6, 6.07) is 7.37. The van der Waals surface area contributed by atoms with E-state index < -0.39 is 29.0 Å². The number of rotatable bonds is 19. The molecule has 0 aromatic heterocycles. The highest BCUT2D eigenvalue weighted by molar-refractivity contribution is 6.19. The lowest BCUT2D eigenvalue weighted by atomic mass is 9.89. The van der Waals surface area contributed by atoms with Crippen molar-refractivity contribution in [2.75, 3.05) is 14.2 Å². The van der Waals surface area contributed by atoms with Crippen molar-refractivity contribution in [2.45, 2.75) is 103 Å². The molecule has 2 N–H and O–H groups in total. The Bertz CT molecular complexity index is 1110. The highest BCUT2D eigenvalue weighted by Crippen LogP contribution is 2.34. The number of phenols is 2. The first-order valence-electron chi connectivity index (χ1n) is 14.7. The lowest BCUT2D eigenvalue weighted by molar-refractivity contribution is 0.0550. The van der Waals surface area contributed by atoms with Crippen molar-refractivity contribution < 1.29 is 34.1 Å². The molecule has 0 heterocycles. The van der Waals surface area contributed by atoms with Crippen LogP contribution in [0.5, 0.6) is 11.5 Å². The number of esters is 2. The van der Waals surface area contributed by atoms with Gasteiger partial charge in [0, 0.05) is 5.56 Å². The standard InChI is InChI=1S/C33H46O7/c1-4-5-6-7-8-9-10-11-12-13-14-15-16-17-20-24-23-26(31(36)25-21-18-19-22-27(25)34)28(32(37)39-2)29(30(24)35)33(38)40-3/h18-19,21-23,34-35H,4-17,20H2,1-3H3. The number of benzene rings is 2. The van der Waals surface area contributed by atoms with Crippen molar-refractivity contribution in [1.29, 1.82) is 0 Å². The van der Waals surface area contributed by atoms with Gasteiger partial charge in [0.2, 0.25) is 0 Å². The molecule has 7 nitrogen and oxygen atoms in total. The summed E-state index contributed by atoms with van der Waals surface area (Å²) in [5, 5.41) is 21.2. The Hall–Kier alpha value is -3.35. The van der Waals surface area contributed by atoms with Crippen LogP contribution in [-0.2, 0) is 15.9 Å². The van der Waals surface area contributed by atoms with Gasteiger partial charge in [-0.1, -0.05) is 103 Å². The van der Waals surface area contributed by atoms with Crippen LogP contribution in [0.15, 0.2) is 30.3 Å². The van der Waals surface area contributed by atoms with E-state index in [2.05, 4.69) is 6.92 Å². The van der Waals surface area contributed by atoms with Crippen LogP contribution in [0, 0.1) is 0 Å². The van der Waals surface area contributed by atoms with Crippen molar-refractivity contribution in [3.8, 4) is 11.5 Å². The van der Waals surface area contributed by atoms with Gasteiger partial charge in [-0.15, -0.1) is 0 Å². The fraction of sp³-hybridized carbons (Fsp3) is 0.545. The van der Waals surface area contributed by atoms with Crippen LogP contribution in [0.2, 0.25) is 0 Å². The summed E-state index contributed by atoms with van der Waals surface area (Å²) in [5.41, 5.74) is -0.588. The molecule has 0 unspecified atom stereocenters. The van der Waals surface area contributed by atoms with Crippen molar-refractivity contribution in [3.63, 3.8) is 0 Å². The Morgan fingerprint density at radius 1 is 0.650 bits per heavy atom. The molecule has 2 aromatic carbocycles. The van der Waals surface area contributed by atoms with E-state index in [-0.39, 0.29) is 22.4 Å². The molecule has 40 heavy (non-hydrogen) atoms. The lowest BCUT2D eigenvalue weighted by Crippen LogP contribution is -2.19. The van der Waals surface area contributed by atoms with E-state index in [0.29, 0.717) is 12.0 Å². The lowest BCUT2D eigenvalue weighted by Gasteiger charge is -2.17. The molecule has 0 fully saturated rings. The Morgan fingerprint density at radius 3 is 1.62 bits per heavy atom. The molecule has 0 aliphatic rings. The molecule has 0 radical (unpaired) electrons. The van der Waals surface area contributed by atoms with Gasteiger partial charge >= 0.3 is 11.9 Å². The average Bonchev–Trinajstić information content (AvgIpc) is 2.96. The fourth-order valence-electron chi connectivity index (χ4n) is 5.03. The fourth-order valence-corrected chi connectivity index (χ4v) is 5.03. The van der Waals surface area contributed by atoms with Gasteiger partial charge in [0.15, 0.2) is 5.78 Å². The minimum atomic E-state index is -0.961. The third-order valence-corrected chi connectivity index (χ3v) is 7.35. The Labute approximate surface area is 238 Å². The quantitative estimate of drug-likeness (QED) is 0.103. The summed E-state index contributed by atoms with van der Waals surface area (Å²) >= 11 is 0. The zero-order valence-corrected chi connectivity index (χ0v) is 24.4. The van der Waals surface area contributed by atoms with E-state index in [1.165, 1.54) is 82.4 Å². The molecule has 2 aromatic rings. The predicted molar refractivity (Wildman–Crippen MR) is 156 cm³/mol. The second kappa shape index (κ2) is 18.1. The summed E-state index contributed by atoms with van der Waals surface area (Å²) in [5.74, 6) is -3.23. The minimum absolute atomic E-state index is 0.0309. The smallest absolute Gasteiger partial charge is 0.342 e. The molecule has 0 aliphatic carbocycles. The molecule has 0 bridgehead atoms. The number of carbonyl (C=O) groups is 3. The number of carbonyl (C=O) groups excluding carboxylic acids is 3. The molecule has 220 valence electrons. The van der Waals surface area contributed by atoms with E-state index in [1.807, 2.05) is 0 Å². The van der Waals surface area contributed by atoms with Crippen LogP contribution in [0.1, 0.15) is 139 Å². The first-order valence-corrected chi connectivity index (χ1v) is 14.7. The Balaban J connectivity index is 2.03. The van der Waals surface area contributed by atoms with Crippen LogP contribution < -0.4 is 0 Å². The van der Waals surface area contributed by atoms with Crippen LogP contribution in [0.3, 0.4) is 0 Å². The number of unbranched alkanes of at least 4 members (excludes halogenated alkanes) is 13. The van der Waals surface area contributed by atoms with Crippen LogP contribution in [0.25, 0.3) is 0 Å². The summed E-state index contributed by atoms with van der Waals surface area (Å²) in [6.45, 7) is 2.24. The van der Waals surface area contributed by atoms with Crippen molar-refractivity contribution in [1.82, 2.24) is 0 Å². The van der Waals surface area contributed by atoms with Gasteiger partial charge in [-0.3, -0.25) is 4.79 Å². The van der Waals surface area contributed by atoms with Crippen molar-refractivity contribution >= 4 is 17.7 Å². The molecule has 2 rings (SSSR count). The highest BCUT2D eigenvalue weighted by atomic mass is 16.5. The molecule has 0 aliphatic heterocycles. The number of para-hydroxylation sites is 1. The van der Waals surface area contributed by atoms with E-state index >= 15 is 0 Å². The van der Waals surface area contributed by atoms with Gasteiger partial charge < -0.3 is 19.7 Å². The minimum Gasteiger partial charge on any atom is -0.507 e. The molecule has 0 saturated heterocycles. The number of methoxy groups -OCH3 is 2. The van der Waals surface area contributed by atoms with E-state index in [0.717, 1.165) is 39.9 Å². The molecule has 0 amide bonds. The number of aryl methyl sites for hydroxylation is 1. The van der Waals surface area contributed by atoms with E-state index in [1.54, 1.807) is 12.1 Å². The number of aromatic hydroxyl groups is 2. The molecule has 0 spiro atoms. The van der Waals surface area contributed by atoms with Gasteiger partial charge in [-0.25, -0.2) is 9.59 Å². The first kappa shape index (κ1) is 32.9. The van der Waals surface area contributed by atoms with Gasteiger partial charge in [0.05, 0.1) is 25.3 Å². The highest BCUT2D eigenvalue weighted by Gasteiger charge is 2.32. The third kappa shape index (κ3) is 9.68. The first-order chi connectivity index (χ1) is 19.4. The number of ether oxygens (including phenoxy) is 2. The van der Waals surface area contributed by atoms with Crippen LogP contribution >= 0.6 is 0 Å². The summed E-state index contributed by atoms with van der Waals surface area (Å²) in [6.07, 6.45) is 17.4. The molecular weight excluding hydrogens is 508 g/mol. The summed E-state index contributed by atoms with van der Waals surface area (Å²) in [7, 11) is 2.25. The largest absolute Gasteiger partial charge is 0.507 e. The van der Waals surface area contributed by atoms with Gasteiger partial charge in [0.1, 0.15) is 17.1 Å². The molecule has 0 saturated carbocycles. The monoisotopic (exact) mass is 554 g/mol. The molecule has 7 heteroatoms. The number of ketones is 1. The maximum Gasteiger partial charge on any atom is 0.342 e. The molecule has 0 atom stereocenters. The van der Waals surface area contributed by atoms with Crippen LogP contribution in [-0.4, -0.2) is 42.2 Å². The van der Waals surface area contributed by atoms with Gasteiger partial charge in [-0.05, 0) is 36.6 Å². The van der Waals surface area contributed by atoms with Crippen LogP contribution in [0.4, 0.5) is 0 Å². The maximum atomic E-state index is 13.4. The van der Waals surface area contributed by atoms with Crippen molar-refractivity contribution in [3.05, 3.63) is 58.1 Å². The van der Waals surface area contributed by atoms with Gasteiger partial charge in [-0.2, -0.15) is 0 Å². The van der Waals surface area contributed by atoms with E-state index in [9.17, 15) is 24.6 Å². The molecular formula is C33H46O7. The second-order valence-electron chi connectivity index (χ2n) is 10.4. The number of hydrogen-bond acceptors (Lipinski definition) is 7. The normalized spacial score (nSPS) is 10.9. The number of phenolic OH excluding ortho intramolecular Hbond substituents is 2.